The Kier molecular flexibility index (Phi) is 4.76. The van der Waals surface area contributed by atoms with Crippen molar-refractivity contribution in [2.75, 3.05) is 11.9 Å². The fourth-order valence-corrected chi connectivity index (χ4v) is 2.39. The molecule has 100 valence electrons. The molecule has 0 atom stereocenters. The highest BCUT2D eigenvalue weighted by Gasteiger charge is 2.04. The second-order valence-electron chi connectivity index (χ2n) is 3.84. The monoisotopic (exact) mass is 298 g/mol. The van der Waals surface area contributed by atoms with E-state index in [1.807, 2.05) is 17.5 Å². The number of urea groups is 1. The standard InChI is InChI=1S/C13H12ClFN2OS/c14-11-8-9(3-4-12(11)15)17-13(18)16-6-5-10-2-1-7-19-10/h1-4,7-8H,5-6H2,(H2,16,17,18). The summed E-state index contributed by atoms with van der Waals surface area (Å²) in [5.41, 5.74) is 0.458. The first-order valence-corrected chi connectivity index (χ1v) is 6.93. The first kappa shape index (κ1) is 13.8. The summed E-state index contributed by atoms with van der Waals surface area (Å²) >= 11 is 7.28. The predicted molar refractivity (Wildman–Crippen MR) is 76.5 cm³/mol. The molecule has 0 saturated heterocycles. The Hall–Kier alpha value is -1.59. The van der Waals surface area contributed by atoms with E-state index in [9.17, 15) is 9.18 Å². The molecule has 2 rings (SSSR count). The first-order valence-electron chi connectivity index (χ1n) is 5.67. The lowest BCUT2D eigenvalue weighted by atomic mass is 10.3. The second kappa shape index (κ2) is 6.54. The van der Waals surface area contributed by atoms with Gasteiger partial charge in [-0.1, -0.05) is 17.7 Å². The van der Waals surface area contributed by atoms with Crippen molar-refractivity contribution in [3.05, 3.63) is 51.4 Å². The molecule has 1 aromatic heterocycles. The van der Waals surface area contributed by atoms with Crippen molar-refractivity contribution >= 4 is 34.7 Å². The van der Waals surface area contributed by atoms with Gasteiger partial charge in [-0.05, 0) is 36.1 Å². The van der Waals surface area contributed by atoms with E-state index in [0.717, 1.165) is 6.42 Å². The zero-order valence-corrected chi connectivity index (χ0v) is 11.5. The summed E-state index contributed by atoms with van der Waals surface area (Å²) in [6, 6.07) is 7.70. The minimum Gasteiger partial charge on any atom is -0.338 e. The van der Waals surface area contributed by atoms with E-state index in [4.69, 9.17) is 11.6 Å². The molecule has 0 aliphatic carbocycles. The first-order chi connectivity index (χ1) is 9.15. The number of rotatable bonds is 4. The van der Waals surface area contributed by atoms with Crippen LogP contribution in [0.4, 0.5) is 14.9 Å². The molecule has 3 nitrogen and oxygen atoms in total. The average molecular weight is 299 g/mol. The Labute approximate surface area is 119 Å². The van der Waals surface area contributed by atoms with Gasteiger partial charge in [0.1, 0.15) is 5.82 Å². The smallest absolute Gasteiger partial charge is 0.319 e. The maximum Gasteiger partial charge on any atom is 0.319 e. The number of anilines is 1. The molecule has 2 N–H and O–H groups in total. The van der Waals surface area contributed by atoms with Crippen LogP contribution in [-0.2, 0) is 6.42 Å². The summed E-state index contributed by atoms with van der Waals surface area (Å²) < 4.78 is 12.9. The molecule has 2 aromatic rings. The van der Waals surface area contributed by atoms with E-state index in [1.54, 1.807) is 11.3 Å². The Bertz CT molecular complexity index is 560. The Morgan fingerprint density at radius 1 is 1.37 bits per heavy atom. The molecular formula is C13H12ClFN2OS. The van der Waals surface area contributed by atoms with Crippen LogP contribution >= 0.6 is 22.9 Å². The van der Waals surface area contributed by atoms with Crippen LogP contribution in [-0.4, -0.2) is 12.6 Å². The van der Waals surface area contributed by atoms with Crippen molar-refractivity contribution in [1.29, 1.82) is 0 Å². The van der Waals surface area contributed by atoms with Gasteiger partial charge < -0.3 is 10.6 Å². The van der Waals surface area contributed by atoms with Gasteiger partial charge in [0.2, 0.25) is 0 Å². The number of benzene rings is 1. The van der Waals surface area contributed by atoms with E-state index in [2.05, 4.69) is 10.6 Å². The van der Waals surface area contributed by atoms with Crippen molar-refractivity contribution in [2.24, 2.45) is 0 Å². The molecule has 1 aromatic carbocycles. The molecule has 0 spiro atoms. The Morgan fingerprint density at radius 2 is 2.21 bits per heavy atom. The molecule has 0 aliphatic heterocycles. The summed E-state index contributed by atoms with van der Waals surface area (Å²) in [4.78, 5) is 12.8. The molecule has 6 heteroatoms. The van der Waals surface area contributed by atoms with E-state index in [-0.39, 0.29) is 11.1 Å². The molecule has 2 amide bonds. The maximum absolute atomic E-state index is 12.9. The predicted octanol–water partition coefficient (Wildman–Crippen LogP) is 3.90. The summed E-state index contributed by atoms with van der Waals surface area (Å²) in [6.45, 7) is 0.543. The van der Waals surface area contributed by atoms with Crippen molar-refractivity contribution in [1.82, 2.24) is 5.32 Å². The topological polar surface area (TPSA) is 41.1 Å². The number of halogens is 2. The number of nitrogens with one attached hydrogen (secondary N) is 2. The quantitative estimate of drug-likeness (QED) is 0.883. The van der Waals surface area contributed by atoms with Gasteiger partial charge in [0.25, 0.3) is 0 Å². The largest absolute Gasteiger partial charge is 0.338 e. The summed E-state index contributed by atoms with van der Waals surface area (Å²) in [7, 11) is 0. The van der Waals surface area contributed by atoms with Gasteiger partial charge in [-0.15, -0.1) is 11.3 Å². The fourth-order valence-electron chi connectivity index (χ4n) is 1.50. The summed E-state index contributed by atoms with van der Waals surface area (Å²) in [5.74, 6) is -0.509. The van der Waals surface area contributed by atoms with Crippen molar-refractivity contribution in [3.8, 4) is 0 Å². The minimum atomic E-state index is -0.509. The van der Waals surface area contributed by atoms with Gasteiger partial charge in [0.05, 0.1) is 5.02 Å². The molecule has 0 fully saturated rings. The highest BCUT2D eigenvalue weighted by Crippen LogP contribution is 2.19. The number of hydrogen-bond acceptors (Lipinski definition) is 2. The van der Waals surface area contributed by atoms with Crippen molar-refractivity contribution < 1.29 is 9.18 Å². The Balaban J connectivity index is 1.79. The van der Waals surface area contributed by atoms with Gasteiger partial charge in [-0.3, -0.25) is 0 Å². The number of thiophene rings is 1. The third-order valence-corrected chi connectivity index (χ3v) is 3.64. The van der Waals surface area contributed by atoms with E-state index < -0.39 is 5.82 Å². The molecule has 19 heavy (non-hydrogen) atoms. The molecule has 0 saturated carbocycles. The van der Waals surface area contributed by atoms with Gasteiger partial charge in [-0.25, -0.2) is 9.18 Å². The highest BCUT2D eigenvalue weighted by atomic mass is 35.5. The van der Waals surface area contributed by atoms with Crippen LogP contribution in [0.3, 0.4) is 0 Å². The van der Waals surface area contributed by atoms with Crippen LogP contribution < -0.4 is 10.6 Å². The number of hydrogen-bond donors (Lipinski definition) is 2. The highest BCUT2D eigenvalue weighted by molar-refractivity contribution is 7.09. The van der Waals surface area contributed by atoms with E-state index >= 15 is 0 Å². The van der Waals surface area contributed by atoms with Crippen LogP contribution in [0.5, 0.6) is 0 Å². The number of amides is 2. The van der Waals surface area contributed by atoms with Crippen LogP contribution in [0.15, 0.2) is 35.7 Å². The van der Waals surface area contributed by atoms with E-state index in [0.29, 0.717) is 12.2 Å². The lowest BCUT2D eigenvalue weighted by Gasteiger charge is -2.07. The average Bonchev–Trinajstić information content (AvgIpc) is 2.87. The zero-order valence-electron chi connectivity index (χ0n) is 9.95. The van der Waals surface area contributed by atoms with E-state index in [1.165, 1.54) is 23.1 Å². The molecule has 0 aliphatic rings. The SMILES string of the molecule is O=C(NCCc1cccs1)Nc1ccc(F)c(Cl)c1. The zero-order chi connectivity index (χ0) is 13.7. The summed E-state index contributed by atoms with van der Waals surface area (Å²) in [5, 5.41) is 7.29. The maximum atomic E-state index is 12.9. The lowest BCUT2D eigenvalue weighted by Crippen LogP contribution is -2.30. The van der Waals surface area contributed by atoms with Crippen LogP contribution in [0, 0.1) is 5.82 Å². The van der Waals surface area contributed by atoms with Gasteiger partial charge >= 0.3 is 6.03 Å². The van der Waals surface area contributed by atoms with Crippen molar-refractivity contribution in [2.45, 2.75) is 6.42 Å². The summed E-state index contributed by atoms with van der Waals surface area (Å²) in [6.07, 6.45) is 0.787. The van der Waals surface area contributed by atoms with Crippen molar-refractivity contribution in [3.63, 3.8) is 0 Å². The molecule has 0 bridgehead atoms. The van der Waals surface area contributed by atoms with Crippen LogP contribution in [0.2, 0.25) is 5.02 Å². The van der Waals surface area contributed by atoms with Gasteiger partial charge in [0.15, 0.2) is 0 Å². The Morgan fingerprint density at radius 3 is 2.89 bits per heavy atom. The molecule has 0 unspecified atom stereocenters. The molecule has 1 heterocycles. The fraction of sp³-hybridized carbons (Fsp3) is 0.154. The third-order valence-electron chi connectivity index (χ3n) is 2.41. The number of carbonyl (C=O) groups excluding carboxylic acids is 1. The molecular weight excluding hydrogens is 287 g/mol. The lowest BCUT2D eigenvalue weighted by molar-refractivity contribution is 0.252. The second-order valence-corrected chi connectivity index (χ2v) is 5.28. The van der Waals surface area contributed by atoms with Gasteiger partial charge in [-0.2, -0.15) is 0 Å². The number of carbonyl (C=O) groups is 1. The van der Waals surface area contributed by atoms with Crippen LogP contribution in [0.1, 0.15) is 4.88 Å². The van der Waals surface area contributed by atoms with Gasteiger partial charge in [0, 0.05) is 17.1 Å². The molecule has 0 radical (unpaired) electrons. The normalized spacial score (nSPS) is 10.2. The van der Waals surface area contributed by atoms with Crippen LogP contribution in [0.25, 0.3) is 0 Å². The minimum absolute atomic E-state index is 0.0172. The third kappa shape index (κ3) is 4.22.